The predicted octanol–water partition coefficient (Wildman–Crippen LogP) is 1.20. The molecule has 25 heavy (non-hydrogen) atoms. The van der Waals surface area contributed by atoms with Crippen molar-refractivity contribution in [3.63, 3.8) is 0 Å². The van der Waals surface area contributed by atoms with Crippen LogP contribution < -0.4 is 11.1 Å². The maximum atomic E-state index is 12.8. The van der Waals surface area contributed by atoms with Crippen LogP contribution >= 0.6 is 0 Å². The Bertz CT molecular complexity index is 816. The molecule has 1 aliphatic carbocycles. The van der Waals surface area contributed by atoms with Crippen molar-refractivity contribution in [2.75, 3.05) is 0 Å². The van der Waals surface area contributed by atoms with E-state index in [1.54, 1.807) is 0 Å². The van der Waals surface area contributed by atoms with Gasteiger partial charge in [0.05, 0.1) is 24.6 Å². The van der Waals surface area contributed by atoms with Gasteiger partial charge in [-0.1, -0.05) is 43.7 Å². The summed E-state index contributed by atoms with van der Waals surface area (Å²) in [6, 6.07) is 15.5. The smallest absolute Gasteiger partial charge is 0.248 e. The lowest BCUT2D eigenvalue weighted by atomic mass is 9.47. The van der Waals surface area contributed by atoms with Crippen molar-refractivity contribution in [1.82, 2.24) is 5.32 Å². The molecule has 2 bridgehead atoms. The van der Waals surface area contributed by atoms with Crippen molar-refractivity contribution >= 4 is 5.91 Å². The maximum Gasteiger partial charge on any atom is 0.248 e. The lowest BCUT2D eigenvalue weighted by Gasteiger charge is -2.48. The fourth-order valence-corrected chi connectivity index (χ4v) is 4.79. The van der Waals surface area contributed by atoms with Crippen LogP contribution in [0.25, 0.3) is 0 Å². The summed E-state index contributed by atoms with van der Waals surface area (Å²) in [7, 11) is 0. The van der Waals surface area contributed by atoms with Gasteiger partial charge in [0.2, 0.25) is 5.91 Å². The topological polar surface area (TPSA) is 128 Å². The number of carbonyl (C=O) groups is 1. The van der Waals surface area contributed by atoms with E-state index < -0.39 is 28.3 Å². The van der Waals surface area contributed by atoms with Crippen molar-refractivity contribution in [3.05, 3.63) is 35.9 Å². The van der Waals surface area contributed by atoms with Gasteiger partial charge in [-0.15, -0.1) is 0 Å². The Hall–Kier alpha value is -2.88. The Morgan fingerprint density at radius 2 is 1.84 bits per heavy atom. The molecule has 6 heteroatoms. The number of hydrogen-bond acceptors (Lipinski definition) is 4. The molecule has 1 aromatic carbocycles. The van der Waals surface area contributed by atoms with Gasteiger partial charge in [-0.2, -0.15) is 15.8 Å². The normalized spacial score (nSPS) is 35.1. The molecular weight excluding hydrogens is 314 g/mol. The average molecular weight is 334 g/mol. The number of nitrogens with one attached hydrogen (secondary N) is 1. The van der Waals surface area contributed by atoms with Gasteiger partial charge < -0.3 is 11.1 Å². The van der Waals surface area contributed by atoms with Crippen LogP contribution in [0.3, 0.4) is 0 Å². The minimum Gasteiger partial charge on any atom is -0.335 e. The van der Waals surface area contributed by atoms with Crippen molar-refractivity contribution in [2.24, 2.45) is 16.7 Å². The fraction of sp³-hybridized carbons (Fsp3) is 0.474. The zero-order chi connectivity index (χ0) is 18.3. The van der Waals surface area contributed by atoms with E-state index in [1.165, 1.54) is 0 Å². The first-order valence-corrected chi connectivity index (χ1v) is 8.41. The molecule has 4 atom stereocenters. The molecule has 0 radical (unpaired) electrons. The van der Waals surface area contributed by atoms with Crippen LogP contribution in [-0.2, 0) is 4.79 Å². The van der Waals surface area contributed by atoms with Crippen LogP contribution in [0.1, 0.15) is 37.7 Å². The SMILES string of the molecule is CCC[C@@H]1[C@@H](c2ccccc2)C(C#N)(C#N)[C@@]2(C#N)C[C@]1([NH3+])NC2=O. The molecule has 126 valence electrons. The Morgan fingerprint density at radius 3 is 2.36 bits per heavy atom. The third kappa shape index (κ3) is 1.94. The number of amides is 1. The van der Waals surface area contributed by atoms with Gasteiger partial charge in [-0.3, -0.25) is 4.79 Å². The van der Waals surface area contributed by atoms with Crippen LogP contribution in [0.15, 0.2) is 30.3 Å². The number of hydrogen-bond donors (Lipinski definition) is 2. The summed E-state index contributed by atoms with van der Waals surface area (Å²) < 4.78 is 0. The third-order valence-electron chi connectivity index (χ3n) is 5.88. The monoisotopic (exact) mass is 334 g/mol. The van der Waals surface area contributed by atoms with Crippen molar-refractivity contribution < 1.29 is 10.5 Å². The van der Waals surface area contributed by atoms with Crippen LogP contribution in [-0.4, -0.2) is 11.6 Å². The second-order valence-corrected chi connectivity index (χ2v) is 7.12. The summed E-state index contributed by atoms with van der Waals surface area (Å²) in [5, 5.41) is 32.9. The molecule has 1 aromatic rings. The number of rotatable bonds is 3. The van der Waals surface area contributed by atoms with Crippen molar-refractivity contribution in [3.8, 4) is 18.2 Å². The minimum absolute atomic E-state index is 0.0878. The highest BCUT2D eigenvalue weighted by Crippen LogP contribution is 2.64. The van der Waals surface area contributed by atoms with E-state index in [0.29, 0.717) is 6.42 Å². The van der Waals surface area contributed by atoms with Gasteiger partial charge in [0.15, 0.2) is 16.5 Å². The zero-order valence-electron chi connectivity index (χ0n) is 14.1. The molecule has 0 spiro atoms. The number of fused-ring (bicyclic) bond motifs is 2. The number of nitrogens with zero attached hydrogens (tertiary/aromatic N) is 3. The quantitative estimate of drug-likeness (QED) is 0.860. The van der Waals surface area contributed by atoms with Crippen LogP contribution in [0.2, 0.25) is 0 Å². The van der Waals surface area contributed by atoms with Gasteiger partial charge in [0, 0.05) is 11.8 Å². The highest BCUT2D eigenvalue weighted by molar-refractivity contribution is 5.92. The maximum absolute atomic E-state index is 12.8. The van der Waals surface area contributed by atoms with Crippen LogP contribution in [0.5, 0.6) is 0 Å². The molecule has 1 saturated heterocycles. The highest BCUT2D eigenvalue weighted by atomic mass is 16.2. The minimum atomic E-state index is -1.75. The van der Waals surface area contributed by atoms with E-state index in [-0.39, 0.29) is 12.3 Å². The lowest BCUT2D eigenvalue weighted by Crippen LogP contribution is -2.83. The predicted molar refractivity (Wildman–Crippen MR) is 87.7 cm³/mol. The molecule has 6 nitrogen and oxygen atoms in total. The van der Waals surface area contributed by atoms with Crippen LogP contribution in [0, 0.1) is 50.7 Å². The van der Waals surface area contributed by atoms with E-state index in [0.717, 1.165) is 12.0 Å². The Kier molecular flexibility index (Phi) is 3.79. The van der Waals surface area contributed by atoms with E-state index >= 15 is 0 Å². The first-order valence-electron chi connectivity index (χ1n) is 8.41. The summed E-state index contributed by atoms with van der Waals surface area (Å²) >= 11 is 0. The lowest BCUT2D eigenvalue weighted by molar-refractivity contribution is -0.506. The van der Waals surface area contributed by atoms with Crippen molar-refractivity contribution in [2.45, 2.75) is 37.8 Å². The first-order chi connectivity index (χ1) is 11.9. The van der Waals surface area contributed by atoms with Crippen LogP contribution in [0.4, 0.5) is 0 Å². The largest absolute Gasteiger partial charge is 0.335 e. The fourth-order valence-electron chi connectivity index (χ4n) is 4.79. The molecule has 4 N–H and O–H groups in total. The van der Waals surface area contributed by atoms with E-state index in [9.17, 15) is 20.6 Å². The molecule has 2 fully saturated rings. The Balaban J connectivity index is 2.35. The summed E-state index contributed by atoms with van der Waals surface area (Å²) in [4.78, 5) is 12.8. The summed E-state index contributed by atoms with van der Waals surface area (Å²) in [6.07, 6.45) is 1.62. The molecule has 0 unspecified atom stereocenters. The molecule has 1 aliphatic heterocycles. The molecule has 1 heterocycles. The number of carbonyl (C=O) groups excluding carboxylic acids is 1. The summed E-state index contributed by atoms with van der Waals surface area (Å²) in [5.74, 6) is -1.31. The second kappa shape index (κ2) is 5.59. The summed E-state index contributed by atoms with van der Waals surface area (Å²) in [5.41, 5.74) is 0.742. The third-order valence-corrected chi connectivity index (χ3v) is 5.88. The van der Waals surface area contributed by atoms with Gasteiger partial charge >= 0.3 is 0 Å². The molecule has 3 rings (SSSR count). The molecule has 2 aliphatic rings. The van der Waals surface area contributed by atoms with Crippen molar-refractivity contribution in [1.29, 1.82) is 15.8 Å². The van der Waals surface area contributed by atoms with Gasteiger partial charge in [0.25, 0.3) is 0 Å². The Labute approximate surface area is 146 Å². The van der Waals surface area contributed by atoms with E-state index in [2.05, 4.69) is 23.2 Å². The van der Waals surface area contributed by atoms with E-state index in [1.807, 2.05) is 43.3 Å². The average Bonchev–Trinajstić information content (AvgIpc) is 2.88. The molecule has 1 amide bonds. The number of quaternary nitrogens is 1. The molecular formula is C19H20N5O+. The summed E-state index contributed by atoms with van der Waals surface area (Å²) in [6.45, 7) is 2.02. The van der Waals surface area contributed by atoms with Gasteiger partial charge in [-0.25, -0.2) is 0 Å². The van der Waals surface area contributed by atoms with Gasteiger partial charge in [-0.05, 0) is 12.0 Å². The Morgan fingerprint density at radius 1 is 1.20 bits per heavy atom. The molecule has 1 saturated carbocycles. The zero-order valence-corrected chi connectivity index (χ0v) is 14.1. The van der Waals surface area contributed by atoms with Gasteiger partial charge in [0.1, 0.15) is 0 Å². The number of nitriles is 3. The molecule has 0 aromatic heterocycles. The van der Waals surface area contributed by atoms with E-state index in [4.69, 9.17) is 0 Å². The first kappa shape index (κ1) is 17.0. The number of benzene rings is 1. The standard InChI is InChI=1S/C19H19N5O/c1-2-6-14-15(13-7-4-3-5-8-13)18(11-21,12-22)17(10-20)9-19(14,23)24-16(17)25/h3-5,7-8,14-15H,2,6,9,23H2,1H3,(H,24,25)/p+1/t14-,15-,17-,19+/m1/s1. The second-order valence-electron chi connectivity index (χ2n) is 7.12. The highest BCUT2D eigenvalue weighted by Gasteiger charge is 2.77.